The number of ether oxygens (including phenoxy) is 1. The van der Waals surface area contributed by atoms with Crippen LogP contribution in [0.2, 0.25) is 0 Å². The van der Waals surface area contributed by atoms with Gasteiger partial charge in [0.1, 0.15) is 5.75 Å². The lowest BCUT2D eigenvalue weighted by atomic mass is 9.95. The number of para-hydroxylation sites is 1. The third-order valence-corrected chi connectivity index (χ3v) is 3.84. The molecule has 0 atom stereocenters. The molecule has 20 heavy (non-hydrogen) atoms. The predicted molar refractivity (Wildman–Crippen MR) is 74.3 cm³/mol. The molecule has 106 valence electrons. The fourth-order valence-electron chi connectivity index (χ4n) is 2.78. The van der Waals surface area contributed by atoms with Crippen molar-refractivity contribution in [2.75, 3.05) is 6.61 Å². The Hall–Kier alpha value is -2.04. The minimum absolute atomic E-state index is 0.0103. The number of phenols is 1. The van der Waals surface area contributed by atoms with E-state index in [2.05, 4.69) is 5.10 Å². The number of amides is 1. The van der Waals surface area contributed by atoms with Gasteiger partial charge in [-0.2, -0.15) is 0 Å². The Kier molecular flexibility index (Phi) is 3.58. The molecule has 0 aromatic heterocycles. The maximum atomic E-state index is 12.0. The second kappa shape index (κ2) is 5.53. The number of carbonyl (C=O) groups is 1. The van der Waals surface area contributed by atoms with E-state index in [1.54, 1.807) is 23.2 Å². The van der Waals surface area contributed by atoms with Crippen LogP contribution in [-0.2, 0) is 9.53 Å². The number of benzene rings is 1. The summed E-state index contributed by atoms with van der Waals surface area (Å²) >= 11 is 0. The number of hydrogen-bond donors (Lipinski definition) is 1. The minimum atomic E-state index is -0.101. The Bertz CT molecular complexity index is 536. The van der Waals surface area contributed by atoms with E-state index in [0.29, 0.717) is 11.5 Å². The van der Waals surface area contributed by atoms with Crippen molar-refractivity contribution >= 4 is 11.8 Å². The molecule has 1 aromatic rings. The quantitative estimate of drug-likeness (QED) is 0.899. The molecule has 3 rings (SSSR count). The van der Waals surface area contributed by atoms with Gasteiger partial charge in [-0.25, -0.2) is 5.01 Å². The number of aromatic hydroxyl groups is 1. The van der Waals surface area contributed by atoms with Crippen LogP contribution in [0.4, 0.5) is 0 Å². The number of hydrogen-bond acceptors (Lipinski definition) is 4. The van der Waals surface area contributed by atoms with Gasteiger partial charge in [0, 0.05) is 0 Å². The maximum Gasteiger partial charge on any atom is 0.280 e. The van der Waals surface area contributed by atoms with E-state index in [0.717, 1.165) is 25.7 Å². The Morgan fingerprint density at radius 2 is 1.95 bits per heavy atom. The highest BCUT2D eigenvalue weighted by Crippen LogP contribution is 2.26. The van der Waals surface area contributed by atoms with Crippen LogP contribution >= 0.6 is 0 Å². The molecule has 0 saturated heterocycles. The van der Waals surface area contributed by atoms with E-state index >= 15 is 0 Å². The van der Waals surface area contributed by atoms with Crippen molar-refractivity contribution in [2.45, 2.75) is 38.1 Å². The first-order valence-electron chi connectivity index (χ1n) is 7.07. The Morgan fingerprint density at radius 1 is 1.20 bits per heavy atom. The van der Waals surface area contributed by atoms with Gasteiger partial charge >= 0.3 is 0 Å². The predicted octanol–water partition coefficient (Wildman–Crippen LogP) is 2.25. The van der Waals surface area contributed by atoms with Crippen LogP contribution in [0.25, 0.3) is 0 Å². The summed E-state index contributed by atoms with van der Waals surface area (Å²) in [5.41, 5.74) is 0.529. The summed E-state index contributed by atoms with van der Waals surface area (Å²) in [6.07, 6.45) is 5.48. The SMILES string of the molecule is O=C1COC(c2ccccc2O)=NN1C1CCCCC1. The zero-order valence-electron chi connectivity index (χ0n) is 11.3. The van der Waals surface area contributed by atoms with Crippen molar-refractivity contribution in [3.8, 4) is 5.75 Å². The molecule has 0 unspecified atom stereocenters. The third-order valence-electron chi connectivity index (χ3n) is 3.84. The average Bonchev–Trinajstić information content (AvgIpc) is 2.49. The highest BCUT2D eigenvalue weighted by Gasteiger charge is 2.30. The Balaban J connectivity index is 1.88. The van der Waals surface area contributed by atoms with Crippen molar-refractivity contribution < 1.29 is 14.6 Å². The molecule has 0 radical (unpaired) electrons. The van der Waals surface area contributed by atoms with E-state index in [9.17, 15) is 9.90 Å². The average molecular weight is 274 g/mol. The van der Waals surface area contributed by atoms with E-state index in [1.165, 1.54) is 6.42 Å². The van der Waals surface area contributed by atoms with Gasteiger partial charge in [-0.15, -0.1) is 5.10 Å². The van der Waals surface area contributed by atoms with E-state index < -0.39 is 0 Å². The number of nitrogens with zero attached hydrogens (tertiary/aromatic N) is 2. The summed E-state index contributed by atoms with van der Waals surface area (Å²) < 4.78 is 5.38. The van der Waals surface area contributed by atoms with Gasteiger partial charge in [-0.05, 0) is 25.0 Å². The van der Waals surface area contributed by atoms with Crippen molar-refractivity contribution in [3.63, 3.8) is 0 Å². The molecule has 0 spiro atoms. The number of phenolic OH excluding ortho intramolecular Hbond substituents is 1. The van der Waals surface area contributed by atoms with Gasteiger partial charge in [-0.1, -0.05) is 31.4 Å². The van der Waals surface area contributed by atoms with Crippen LogP contribution in [-0.4, -0.2) is 34.6 Å². The molecule has 1 saturated carbocycles. The van der Waals surface area contributed by atoms with E-state index in [-0.39, 0.29) is 24.3 Å². The van der Waals surface area contributed by atoms with Crippen LogP contribution in [0.15, 0.2) is 29.4 Å². The van der Waals surface area contributed by atoms with Gasteiger partial charge in [-0.3, -0.25) is 4.79 Å². The summed E-state index contributed by atoms with van der Waals surface area (Å²) in [7, 11) is 0. The molecule has 1 aliphatic heterocycles. The first kappa shape index (κ1) is 13.0. The molecule has 2 aliphatic rings. The summed E-state index contributed by atoms with van der Waals surface area (Å²) in [6.45, 7) is -0.0103. The fraction of sp³-hybridized carbons (Fsp3) is 0.467. The molecular formula is C15H18N2O3. The second-order valence-corrected chi connectivity index (χ2v) is 5.24. The summed E-state index contributed by atoms with van der Waals surface area (Å²) in [5.74, 6) is 0.341. The molecule has 5 heteroatoms. The second-order valence-electron chi connectivity index (χ2n) is 5.24. The van der Waals surface area contributed by atoms with Crippen LogP contribution in [0, 0.1) is 0 Å². The van der Waals surface area contributed by atoms with E-state index in [1.807, 2.05) is 6.07 Å². The summed E-state index contributed by atoms with van der Waals surface area (Å²) in [5, 5.41) is 15.8. The van der Waals surface area contributed by atoms with Crippen molar-refractivity contribution in [1.82, 2.24) is 5.01 Å². The molecule has 1 aliphatic carbocycles. The van der Waals surface area contributed by atoms with Gasteiger partial charge in [0.05, 0.1) is 11.6 Å². The lowest BCUT2D eigenvalue weighted by Crippen LogP contribution is -2.44. The lowest BCUT2D eigenvalue weighted by Gasteiger charge is -2.33. The molecule has 1 aromatic carbocycles. The first-order valence-corrected chi connectivity index (χ1v) is 7.07. The van der Waals surface area contributed by atoms with Crippen LogP contribution in [0.1, 0.15) is 37.7 Å². The van der Waals surface area contributed by atoms with Gasteiger partial charge in [0.15, 0.2) is 6.61 Å². The zero-order chi connectivity index (χ0) is 13.9. The van der Waals surface area contributed by atoms with E-state index in [4.69, 9.17) is 4.74 Å². The van der Waals surface area contributed by atoms with Gasteiger partial charge < -0.3 is 9.84 Å². The minimum Gasteiger partial charge on any atom is -0.507 e. The third kappa shape index (κ3) is 2.48. The van der Waals surface area contributed by atoms with Crippen LogP contribution in [0.3, 0.4) is 0 Å². The number of carbonyl (C=O) groups excluding carboxylic acids is 1. The number of hydrazone groups is 1. The maximum absolute atomic E-state index is 12.0. The first-order chi connectivity index (χ1) is 9.75. The van der Waals surface area contributed by atoms with Crippen LogP contribution < -0.4 is 0 Å². The van der Waals surface area contributed by atoms with Crippen molar-refractivity contribution in [2.24, 2.45) is 5.10 Å². The summed E-state index contributed by atoms with van der Waals surface area (Å²) in [6, 6.07) is 7.04. The Morgan fingerprint density at radius 3 is 2.70 bits per heavy atom. The lowest BCUT2D eigenvalue weighted by molar-refractivity contribution is -0.138. The molecular weight excluding hydrogens is 256 g/mol. The highest BCUT2D eigenvalue weighted by atomic mass is 16.5. The molecule has 1 fully saturated rings. The van der Waals surface area contributed by atoms with Crippen LogP contribution in [0.5, 0.6) is 5.75 Å². The Labute approximate surface area is 117 Å². The smallest absolute Gasteiger partial charge is 0.280 e. The molecule has 1 heterocycles. The summed E-state index contributed by atoms with van der Waals surface area (Å²) in [4.78, 5) is 12.0. The normalized spacial score (nSPS) is 20.5. The van der Waals surface area contributed by atoms with Crippen molar-refractivity contribution in [1.29, 1.82) is 0 Å². The van der Waals surface area contributed by atoms with Gasteiger partial charge in [0.2, 0.25) is 5.90 Å². The highest BCUT2D eigenvalue weighted by molar-refractivity contribution is 6.00. The molecule has 5 nitrogen and oxygen atoms in total. The topological polar surface area (TPSA) is 62.1 Å². The molecule has 1 N–H and O–H groups in total. The van der Waals surface area contributed by atoms with Gasteiger partial charge in [0.25, 0.3) is 5.91 Å². The molecule has 0 bridgehead atoms. The standard InChI is InChI=1S/C15H18N2O3/c18-13-9-5-4-8-12(13)15-16-17(14(19)10-20-15)11-6-2-1-3-7-11/h4-5,8-9,11,18H,1-3,6-7,10H2. The van der Waals surface area contributed by atoms with Crippen molar-refractivity contribution in [3.05, 3.63) is 29.8 Å². The zero-order valence-corrected chi connectivity index (χ0v) is 11.3. The monoisotopic (exact) mass is 274 g/mol. The molecule has 1 amide bonds. The number of rotatable bonds is 2. The fourth-order valence-corrected chi connectivity index (χ4v) is 2.78. The largest absolute Gasteiger partial charge is 0.507 e.